The summed E-state index contributed by atoms with van der Waals surface area (Å²) in [6, 6.07) is 13.4. The minimum Gasteiger partial charge on any atom is -0.368 e. The maximum Gasteiger partial charge on any atom is 0.273 e. The number of anilines is 2. The second-order valence-electron chi connectivity index (χ2n) is 6.47. The Morgan fingerprint density at radius 2 is 1.93 bits per heavy atom. The van der Waals surface area contributed by atoms with Crippen molar-refractivity contribution < 1.29 is 9.59 Å². The lowest BCUT2D eigenvalue weighted by atomic mass is 10.1. The number of aromatic nitrogens is 1. The Morgan fingerprint density at radius 3 is 2.67 bits per heavy atom. The largest absolute Gasteiger partial charge is 0.368 e. The third-order valence-corrected chi connectivity index (χ3v) is 5.77. The molecule has 1 aliphatic rings. The average molecular weight is 460 g/mol. The standard InChI is InChI=1S/C20H15Cl2N5O2S/c21-11-6-7-14(22)13(8-11)16-10-30-20(24-16)25-19(29)15-9-17(18(23)28)27(26-15)12-4-2-1-3-5-12/h1-8,10,17H,9H2,(H2,23,28)(H,24,25,29). The number of primary amides is 1. The molecule has 10 heteroatoms. The number of hydrogen-bond donors (Lipinski definition) is 2. The summed E-state index contributed by atoms with van der Waals surface area (Å²) in [4.78, 5) is 29.0. The molecule has 0 aliphatic carbocycles. The first-order valence-electron chi connectivity index (χ1n) is 8.86. The van der Waals surface area contributed by atoms with Crippen molar-refractivity contribution in [2.24, 2.45) is 10.8 Å². The zero-order chi connectivity index (χ0) is 21.3. The molecule has 152 valence electrons. The summed E-state index contributed by atoms with van der Waals surface area (Å²) >= 11 is 13.5. The molecule has 1 aliphatic heterocycles. The van der Waals surface area contributed by atoms with Gasteiger partial charge in [0.15, 0.2) is 5.13 Å². The molecular weight excluding hydrogens is 445 g/mol. The number of hydrogen-bond acceptors (Lipinski definition) is 6. The van der Waals surface area contributed by atoms with Gasteiger partial charge < -0.3 is 5.73 Å². The van der Waals surface area contributed by atoms with Gasteiger partial charge in [-0.15, -0.1) is 11.3 Å². The van der Waals surface area contributed by atoms with Gasteiger partial charge in [0.05, 0.1) is 16.4 Å². The monoisotopic (exact) mass is 459 g/mol. The van der Waals surface area contributed by atoms with Gasteiger partial charge in [-0.05, 0) is 30.3 Å². The van der Waals surface area contributed by atoms with Crippen LogP contribution in [0.4, 0.5) is 10.8 Å². The fraction of sp³-hybridized carbons (Fsp3) is 0.100. The van der Waals surface area contributed by atoms with Crippen LogP contribution in [-0.2, 0) is 9.59 Å². The summed E-state index contributed by atoms with van der Waals surface area (Å²) in [7, 11) is 0. The molecule has 3 N–H and O–H groups in total. The second kappa shape index (κ2) is 8.43. The minimum atomic E-state index is -0.731. The Bertz CT molecular complexity index is 1150. The molecule has 2 amide bonds. The fourth-order valence-corrected chi connectivity index (χ4v) is 4.10. The van der Waals surface area contributed by atoms with Gasteiger partial charge in [-0.3, -0.25) is 19.9 Å². The van der Waals surface area contributed by atoms with Crippen LogP contribution in [0.2, 0.25) is 10.0 Å². The van der Waals surface area contributed by atoms with Crippen LogP contribution in [0.1, 0.15) is 6.42 Å². The first-order valence-corrected chi connectivity index (χ1v) is 10.5. The molecule has 0 radical (unpaired) electrons. The normalized spacial score (nSPS) is 15.7. The molecule has 1 aromatic heterocycles. The molecule has 30 heavy (non-hydrogen) atoms. The van der Waals surface area contributed by atoms with E-state index in [1.807, 2.05) is 18.2 Å². The summed E-state index contributed by atoms with van der Waals surface area (Å²) in [5.74, 6) is -1.00. The topological polar surface area (TPSA) is 101 Å². The number of thiazole rings is 1. The molecule has 4 rings (SSSR count). The van der Waals surface area contributed by atoms with Gasteiger partial charge in [-0.2, -0.15) is 5.10 Å². The van der Waals surface area contributed by atoms with E-state index in [1.54, 1.807) is 35.7 Å². The zero-order valence-electron chi connectivity index (χ0n) is 15.4. The molecule has 2 aromatic carbocycles. The smallest absolute Gasteiger partial charge is 0.273 e. The number of para-hydroxylation sites is 1. The minimum absolute atomic E-state index is 0.106. The zero-order valence-corrected chi connectivity index (χ0v) is 17.7. The summed E-state index contributed by atoms with van der Waals surface area (Å²) < 4.78 is 0. The van der Waals surface area contributed by atoms with E-state index in [9.17, 15) is 9.59 Å². The third kappa shape index (κ3) is 4.16. The van der Waals surface area contributed by atoms with Gasteiger partial charge in [0.2, 0.25) is 5.91 Å². The van der Waals surface area contributed by atoms with E-state index in [4.69, 9.17) is 28.9 Å². The van der Waals surface area contributed by atoms with E-state index in [0.717, 1.165) is 0 Å². The highest BCUT2D eigenvalue weighted by atomic mass is 35.5. The van der Waals surface area contributed by atoms with Crippen molar-refractivity contribution in [2.45, 2.75) is 12.5 Å². The van der Waals surface area contributed by atoms with Crippen molar-refractivity contribution >= 4 is 62.9 Å². The molecule has 0 saturated heterocycles. The van der Waals surface area contributed by atoms with E-state index >= 15 is 0 Å². The Morgan fingerprint density at radius 1 is 1.17 bits per heavy atom. The van der Waals surface area contributed by atoms with Crippen molar-refractivity contribution in [2.75, 3.05) is 10.3 Å². The van der Waals surface area contributed by atoms with Gasteiger partial charge in [-0.25, -0.2) is 4.98 Å². The van der Waals surface area contributed by atoms with Crippen LogP contribution < -0.4 is 16.1 Å². The first kappa shape index (κ1) is 20.3. The highest BCUT2D eigenvalue weighted by Gasteiger charge is 2.35. The number of amides is 2. The molecule has 2 heterocycles. The lowest BCUT2D eigenvalue weighted by molar-refractivity contribution is -0.119. The molecule has 1 atom stereocenters. The number of carbonyl (C=O) groups excluding carboxylic acids is 2. The lowest BCUT2D eigenvalue weighted by Crippen LogP contribution is -2.39. The van der Waals surface area contributed by atoms with Crippen LogP contribution in [0, 0.1) is 0 Å². The highest BCUT2D eigenvalue weighted by Crippen LogP contribution is 2.33. The number of nitrogens with two attached hydrogens (primary N) is 1. The number of halogens is 2. The van der Waals surface area contributed by atoms with Crippen LogP contribution in [0.15, 0.2) is 59.0 Å². The average Bonchev–Trinajstić information content (AvgIpc) is 3.38. The Kier molecular flexibility index (Phi) is 5.72. The molecule has 0 saturated carbocycles. The summed E-state index contributed by atoms with van der Waals surface area (Å²) in [5, 5.41) is 11.7. The van der Waals surface area contributed by atoms with Crippen molar-refractivity contribution in [1.29, 1.82) is 0 Å². The molecule has 1 unspecified atom stereocenters. The molecule has 0 spiro atoms. The summed E-state index contributed by atoms with van der Waals surface area (Å²) in [6.45, 7) is 0. The van der Waals surface area contributed by atoms with Crippen molar-refractivity contribution in [1.82, 2.24) is 4.98 Å². The first-order chi connectivity index (χ1) is 14.4. The SMILES string of the molecule is NC(=O)C1CC(C(=O)Nc2nc(-c3cc(Cl)ccc3Cl)cs2)=NN1c1ccccc1. The van der Waals surface area contributed by atoms with Crippen LogP contribution in [0.5, 0.6) is 0 Å². The lowest BCUT2D eigenvalue weighted by Gasteiger charge is -2.20. The van der Waals surface area contributed by atoms with Crippen LogP contribution in [-0.4, -0.2) is 28.6 Å². The van der Waals surface area contributed by atoms with Gasteiger partial charge in [0, 0.05) is 22.4 Å². The molecule has 3 aromatic rings. The molecular formula is C20H15Cl2N5O2S. The summed E-state index contributed by atoms with van der Waals surface area (Å²) in [5.41, 5.74) is 7.65. The number of nitrogens with zero attached hydrogens (tertiary/aromatic N) is 3. The van der Waals surface area contributed by atoms with E-state index in [-0.39, 0.29) is 12.1 Å². The maximum absolute atomic E-state index is 12.7. The highest BCUT2D eigenvalue weighted by molar-refractivity contribution is 7.14. The van der Waals surface area contributed by atoms with Crippen LogP contribution >= 0.6 is 34.5 Å². The Hall–Kier alpha value is -2.94. The van der Waals surface area contributed by atoms with Crippen molar-refractivity contribution in [3.05, 3.63) is 64.0 Å². The number of rotatable bonds is 5. The predicted octanol–water partition coefficient (Wildman–Crippen LogP) is 4.18. The van der Waals surface area contributed by atoms with Gasteiger partial charge in [0.1, 0.15) is 11.8 Å². The van der Waals surface area contributed by atoms with Crippen molar-refractivity contribution in [3.8, 4) is 11.3 Å². The third-order valence-electron chi connectivity index (χ3n) is 4.45. The molecule has 0 fully saturated rings. The van der Waals surface area contributed by atoms with Gasteiger partial charge in [0.25, 0.3) is 5.91 Å². The van der Waals surface area contributed by atoms with Gasteiger partial charge >= 0.3 is 0 Å². The van der Waals surface area contributed by atoms with E-state index in [2.05, 4.69) is 15.4 Å². The quantitative estimate of drug-likeness (QED) is 0.597. The fourth-order valence-electron chi connectivity index (χ4n) is 3.01. The van der Waals surface area contributed by atoms with E-state index in [0.29, 0.717) is 32.1 Å². The number of nitrogens with one attached hydrogen (secondary N) is 1. The Labute approximate surface area is 186 Å². The van der Waals surface area contributed by atoms with Gasteiger partial charge in [-0.1, -0.05) is 41.4 Å². The Balaban J connectivity index is 1.54. The van der Waals surface area contributed by atoms with E-state index < -0.39 is 17.9 Å². The number of benzene rings is 2. The predicted molar refractivity (Wildman–Crippen MR) is 120 cm³/mol. The molecule has 0 bridgehead atoms. The molecule has 7 nitrogen and oxygen atoms in total. The summed E-state index contributed by atoms with van der Waals surface area (Å²) in [6.07, 6.45) is 0.106. The van der Waals surface area contributed by atoms with E-state index in [1.165, 1.54) is 16.3 Å². The second-order valence-corrected chi connectivity index (χ2v) is 8.17. The maximum atomic E-state index is 12.7. The number of hydrazone groups is 1. The van der Waals surface area contributed by atoms with Crippen molar-refractivity contribution in [3.63, 3.8) is 0 Å². The van der Waals surface area contributed by atoms with Crippen LogP contribution in [0.25, 0.3) is 11.3 Å². The number of carbonyl (C=O) groups is 2. The van der Waals surface area contributed by atoms with Crippen LogP contribution in [0.3, 0.4) is 0 Å².